The fraction of sp³-hybridized carbons (Fsp3) is 0.118. The molecule has 0 unspecified atom stereocenters. The molecule has 4 aromatic heterocycles. The SMILES string of the molecule is Cc1cccn2c(=O)cc(CSc3ncc4ccccn34)nc12. The van der Waals surface area contributed by atoms with E-state index in [0.717, 1.165) is 21.9 Å². The van der Waals surface area contributed by atoms with Crippen LogP contribution in [0.15, 0.2) is 64.9 Å². The van der Waals surface area contributed by atoms with Crippen molar-refractivity contribution in [2.75, 3.05) is 0 Å². The van der Waals surface area contributed by atoms with Crippen molar-refractivity contribution in [2.45, 2.75) is 17.8 Å². The van der Waals surface area contributed by atoms with Crippen molar-refractivity contribution in [3.63, 3.8) is 0 Å². The van der Waals surface area contributed by atoms with Crippen molar-refractivity contribution in [3.8, 4) is 0 Å². The maximum absolute atomic E-state index is 12.2. The summed E-state index contributed by atoms with van der Waals surface area (Å²) in [5, 5.41) is 0.896. The summed E-state index contributed by atoms with van der Waals surface area (Å²) in [5.41, 5.74) is 3.47. The van der Waals surface area contributed by atoms with Crippen molar-refractivity contribution >= 4 is 22.9 Å². The Morgan fingerprint density at radius 3 is 2.91 bits per heavy atom. The average Bonchev–Trinajstić information content (AvgIpc) is 2.97. The molecule has 0 fully saturated rings. The highest BCUT2D eigenvalue weighted by Gasteiger charge is 2.08. The van der Waals surface area contributed by atoms with Crippen LogP contribution in [0.3, 0.4) is 0 Å². The number of nitrogens with zero attached hydrogens (tertiary/aromatic N) is 4. The van der Waals surface area contributed by atoms with E-state index in [4.69, 9.17) is 0 Å². The fourth-order valence-electron chi connectivity index (χ4n) is 2.55. The molecule has 23 heavy (non-hydrogen) atoms. The van der Waals surface area contributed by atoms with Gasteiger partial charge in [0.2, 0.25) is 0 Å². The fourth-order valence-corrected chi connectivity index (χ4v) is 3.40. The topological polar surface area (TPSA) is 51.7 Å². The number of thioether (sulfide) groups is 1. The Labute approximate surface area is 136 Å². The molecule has 5 nitrogen and oxygen atoms in total. The van der Waals surface area contributed by atoms with Crippen LogP contribution in [0.4, 0.5) is 0 Å². The molecule has 0 spiro atoms. The maximum atomic E-state index is 12.2. The summed E-state index contributed by atoms with van der Waals surface area (Å²) < 4.78 is 3.61. The predicted octanol–water partition coefficient (Wildman–Crippen LogP) is 2.94. The van der Waals surface area contributed by atoms with Crippen LogP contribution in [-0.4, -0.2) is 18.8 Å². The van der Waals surface area contributed by atoms with Crippen molar-refractivity contribution < 1.29 is 0 Å². The molecule has 0 atom stereocenters. The van der Waals surface area contributed by atoms with Gasteiger partial charge in [-0.15, -0.1) is 0 Å². The van der Waals surface area contributed by atoms with E-state index in [0.29, 0.717) is 11.4 Å². The normalized spacial score (nSPS) is 11.3. The second kappa shape index (κ2) is 5.55. The molecule has 0 amide bonds. The maximum Gasteiger partial charge on any atom is 0.258 e. The largest absolute Gasteiger partial charge is 0.295 e. The van der Waals surface area contributed by atoms with Crippen LogP contribution in [0.25, 0.3) is 11.2 Å². The van der Waals surface area contributed by atoms with Gasteiger partial charge >= 0.3 is 0 Å². The number of aromatic nitrogens is 4. The Morgan fingerprint density at radius 2 is 2.00 bits per heavy atom. The Morgan fingerprint density at radius 1 is 1.13 bits per heavy atom. The third-order valence-corrected chi connectivity index (χ3v) is 4.69. The molecule has 0 aliphatic heterocycles. The van der Waals surface area contributed by atoms with Crippen LogP contribution in [0.1, 0.15) is 11.3 Å². The molecule has 4 aromatic rings. The minimum atomic E-state index is -0.0534. The third-order valence-electron chi connectivity index (χ3n) is 3.69. The van der Waals surface area contributed by atoms with E-state index in [9.17, 15) is 4.79 Å². The molecular formula is C17H14N4OS. The molecule has 0 saturated heterocycles. The molecule has 0 aliphatic rings. The minimum Gasteiger partial charge on any atom is -0.295 e. The van der Waals surface area contributed by atoms with Gasteiger partial charge in [0.25, 0.3) is 5.56 Å². The second-order valence-electron chi connectivity index (χ2n) is 5.30. The van der Waals surface area contributed by atoms with Crippen LogP contribution in [0.2, 0.25) is 0 Å². The van der Waals surface area contributed by atoms with Gasteiger partial charge in [0.15, 0.2) is 5.16 Å². The van der Waals surface area contributed by atoms with E-state index in [-0.39, 0.29) is 5.56 Å². The second-order valence-corrected chi connectivity index (χ2v) is 6.24. The minimum absolute atomic E-state index is 0.0534. The van der Waals surface area contributed by atoms with Crippen molar-refractivity contribution in [3.05, 3.63) is 76.6 Å². The van der Waals surface area contributed by atoms with E-state index >= 15 is 0 Å². The lowest BCUT2D eigenvalue weighted by molar-refractivity contribution is 0.952. The van der Waals surface area contributed by atoms with Crippen molar-refractivity contribution in [1.29, 1.82) is 0 Å². The van der Waals surface area contributed by atoms with Gasteiger partial charge < -0.3 is 0 Å². The Kier molecular flexibility index (Phi) is 3.38. The lowest BCUT2D eigenvalue weighted by Crippen LogP contribution is -2.15. The van der Waals surface area contributed by atoms with Crippen LogP contribution < -0.4 is 5.56 Å². The van der Waals surface area contributed by atoms with Crippen LogP contribution in [0, 0.1) is 6.92 Å². The van der Waals surface area contributed by atoms with Crippen LogP contribution >= 0.6 is 11.8 Å². The molecule has 0 radical (unpaired) electrons. The Hall–Kier alpha value is -2.60. The van der Waals surface area contributed by atoms with E-state index in [1.807, 2.05) is 54.0 Å². The summed E-state index contributed by atoms with van der Waals surface area (Å²) in [5.74, 6) is 0.605. The van der Waals surface area contributed by atoms with E-state index in [1.54, 1.807) is 28.4 Å². The zero-order valence-corrected chi connectivity index (χ0v) is 13.3. The van der Waals surface area contributed by atoms with Gasteiger partial charge in [0, 0.05) is 24.2 Å². The Bertz CT molecular complexity index is 1070. The number of imidazole rings is 1. The quantitative estimate of drug-likeness (QED) is 0.544. The summed E-state index contributed by atoms with van der Waals surface area (Å²) in [7, 11) is 0. The molecule has 0 aromatic carbocycles. The highest BCUT2D eigenvalue weighted by Crippen LogP contribution is 2.22. The van der Waals surface area contributed by atoms with Gasteiger partial charge in [-0.25, -0.2) is 9.97 Å². The predicted molar refractivity (Wildman–Crippen MR) is 91.0 cm³/mol. The number of rotatable bonds is 3. The summed E-state index contributed by atoms with van der Waals surface area (Å²) in [6.45, 7) is 1.96. The van der Waals surface area contributed by atoms with Gasteiger partial charge in [-0.05, 0) is 30.7 Å². The van der Waals surface area contributed by atoms with E-state index in [1.165, 1.54) is 0 Å². The monoisotopic (exact) mass is 322 g/mol. The number of fused-ring (bicyclic) bond motifs is 2. The van der Waals surface area contributed by atoms with Crippen molar-refractivity contribution in [1.82, 2.24) is 18.8 Å². The zero-order valence-electron chi connectivity index (χ0n) is 12.5. The van der Waals surface area contributed by atoms with Crippen LogP contribution in [-0.2, 0) is 5.75 Å². The zero-order chi connectivity index (χ0) is 15.8. The Balaban J connectivity index is 1.68. The highest BCUT2D eigenvalue weighted by atomic mass is 32.2. The molecule has 114 valence electrons. The van der Waals surface area contributed by atoms with E-state index < -0.39 is 0 Å². The summed E-state index contributed by atoms with van der Waals surface area (Å²) in [6, 6.07) is 11.4. The smallest absolute Gasteiger partial charge is 0.258 e. The van der Waals surface area contributed by atoms with Gasteiger partial charge in [0.1, 0.15) is 5.65 Å². The van der Waals surface area contributed by atoms with Gasteiger partial charge in [-0.3, -0.25) is 13.6 Å². The number of aryl methyl sites for hydroxylation is 1. The van der Waals surface area contributed by atoms with Crippen molar-refractivity contribution in [2.24, 2.45) is 0 Å². The number of hydrogen-bond donors (Lipinski definition) is 0. The molecular weight excluding hydrogens is 308 g/mol. The first-order chi connectivity index (χ1) is 11.2. The molecule has 0 aliphatic carbocycles. The summed E-state index contributed by atoms with van der Waals surface area (Å²) in [4.78, 5) is 21.3. The molecule has 0 saturated carbocycles. The first-order valence-corrected chi connectivity index (χ1v) is 8.24. The molecule has 6 heteroatoms. The van der Waals surface area contributed by atoms with Crippen LogP contribution in [0.5, 0.6) is 0 Å². The van der Waals surface area contributed by atoms with Gasteiger partial charge in [-0.1, -0.05) is 23.9 Å². The summed E-state index contributed by atoms with van der Waals surface area (Å²) in [6.07, 6.45) is 5.57. The van der Waals surface area contributed by atoms with Gasteiger partial charge in [0.05, 0.1) is 17.4 Å². The molecule has 4 rings (SSSR count). The van der Waals surface area contributed by atoms with E-state index in [2.05, 4.69) is 9.97 Å². The first-order valence-electron chi connectivity index (χ1n) is 7.25. The molecule has 0 bridgehead atoms. The molecule has 0 N–H and O–H groups in total. The number of hydrogen-bond acceptors (Lipinski definition) is 4. The van der Waals surface area contributed by atoms with Gasteiger partial charge in [-0.2, -0.15) is 0 Å². The third kappa shape index (κ3) is 2.51. The lowest BCUT2D eigenvalue weighted by atomic mass is 10.3. The number of pyridine rings is 2. The standard InChI is InChI=1S/C17H14N4OS/c1-12-5-4-8-21-15(22)9-13(19-16(12)21)11-23-17-18-10-14-6-2-3-7-20(14)17/h2-10H,11H2,1H3. The summed E-state index contributed by atoms with van der Waals surface area (Å²) >= 11 is 1.57. The average molecular weight is 322 g/mol. The highest BCUT2D eigenvalue weighted by molar-refractivity contribution is 7.98. The molecule has 4 heterocycles. The first kappa shape index (κ1) is 14.0. The lowest BCUT2D eigenvalue weighted by Gasteiger charge is -2.06.